The molecule has 1 aromatic carbocycles. The predicted molar refractivity (Wildman–Crippen MR) is 66.3 cm³/mol. The monoisotopic (exact) mass is 235 g/mol. The number of ether oxygens (including phenoxy) is 2. The highest BCUT2D eigenvalue weighted by Crippen LogP contribution is 2.28. The van der Waals surface area contributed by atoms with Crippen LogP contribution in [0, 0.1) is 0 Å². The highest BCUT2D eigenvalue weighted by molar-refractivity contribution is 5.83. The molecule has 0 bridgehead atoms. The van der Waals surface area contributed by atoms with Crippen molar-refractivity contribution in [3.63, 3.8) is 0 Å². The zero-order chi connectivity index (χ0) is 12.1. The number of methoxy groups -OCH3 is 2. The second-order valence-corrected chi connectivity index (χ2v) is 3.76. The minimum absolute atomic E-state index is 0.696. The molecule has 17 heavy (non-hydrogen) atoms. The van der Waals surface area contributed by atoms with Gasteiger partial charge in [-0.15, -0.1) is 0 Å². The van der Waals surface area contributed by atoms with Crippen LogP contribution in [-0.4, -0.2) is 27.4 Å². The van der Waals surface area contributed by atoms with Crippen molar-refractivity contribution in [3.8, 4) is 5.75 Å². The maximum atomic E-state index is 5.74. The summed E-state index contributed by atoms with van der Waals surface area (Å²) in [6, 6.07) is 7.89. The van der Waals surface area contributed by atoms with Crippen LogP contribution in [-0.2, 0) is 11.3 Å². The van der Waals surface area contributed by atoms with E-state index in [4.69, 9.17) is 13.9 Å². The lowest BCUT2D eigenvalue weighted by Gasteiger charge is -2.01. The number of rotatable bonds is 6. The molecule has 1 N–H and O–H groups in total. The molecule has 92 valence electrons. The van der Waals surface area contributed by atoms with Gasteiger partial charge in [-0.05, 0) is 12.1 Å². The molecule has 0 aliphatic carbocycles. The van der Waals surface area contributed by atoms with Gasteiger partial charge in [0.25, 0.3) is 0 Å². The van der Waals surface area contributed by atoms with Crippen LogP contribution in [0.4, 0.5) is 0 Å². The molecule has 0 aliphatic rings. The van der Waals surface area contributed by atoms with Gasteiger partial charge in [0.05, 0.1) is 20.3 Å². The van der Waals surface area contributed by atoms with E-state index in [1.807, 2.05) is 24.3 Å². The summed E-state index contributed by atoms with van der Waals surface area (Å²) < 4.78 is 16.0. The zero-order valence-corrected chi connectivity index (χ0v) is 10.2. The Bertz CT molecular complexity index is 478. The normalized spacial score (nSPS) is 10.9. The fourth-order valence-corrected chi connectivity index (χ4v) is 1.72. The molecular weight excluding hydrogens is 218 g/mol. The molecule has 0 radical (unpaired) electrons. The first kappa shape index (κ1) is 12.0. The highest BCUT2D eigenvalue weighted by atomic mass is 16.5. The number of hydrogen-bond acceptors (Lipinski definition) is 4. The van der Waals surface area contributed by atoms with Crippen LogP contribution in [0.3, 0.4) is 0 Å². The third-order valence-electron chi connectivity index (χ3n) is 2.56. The van der Waals surface area contributed by atoms with Gasteiger partial charge in [0, 0.05) is 19.0 Å². The third-order valence-corrected chi connectivity index (χ3v) is 2.56. The zero-order valence-electron chi connectivity index (χ0n) is 10.2. The molecule has 2 rings (SSSR count). The van der Waals surface area contributed by atoms with Crippen LogP contribution in [0.2, 0.25) is 0 Å². The molecule has 4 nitrogen and oxygen atoms in total. The van der Waals surface area contributed by atoms with Gasteiger partial charge >= 0.3 is 0 Å². The molecule has 0 atom stereocenters. The van der Waals surface area contributed by atoms with Crippen molar-refractivity contribution in [1.82, 2.24) is 5.32 Å². The quantitative estimate of drug-likeness (QED) is 0.779. The van der Waals surface area contributed by atoms with Crippen molar-refractivity contribution in [1.29, 1.82) is 0 Å². The van der Waals surface area contributed by atoms with Crippen LogP contribution in [0.25, 0.3) is 11.0 Å². The lowest BCUT2D eigenvalue weighted by molar-refractivity contribution is 0.198. The fraction of sp³-hybridized carbons (Fsp3) is 0.385. The van der Waals surface area contributed by atoms with E-state index in [1.165, 1.54) is 0 Å². The van der Waals surface area contributed by atoms with Crippen molar-refractivity contribution in [3.05, 3.63) is 30.0 Å². The molecule has 0 saturated heterocycles. The second kappa shape index (κ2) is 5.70. The number of furan rings is 1. The Balaban J connectivity index is 2.09. The average molecular weight is 235 g/mol. The molecular formula is C13H17NO3. The summed E-state index contributed by atoms with van der Waals surface area (Å²) in [6.45, 7) is 2.20. The topological polar surface area (TPSA) is 43.6 Å². The maximum Gasteiger partial charge on any atom is 0.176 e. The van der Waals surface area contributed by atoms with Crippen molar-refractivity contribution >= 4 is 11.0 Å². The Labute approximate surface area is 101 Å². The summed E-state index contributed by atoms with van der Waals surface area (Å²) in [6.07, 6.45) is 0. The Hall–Kier alpha value is -1.52. The van der Waals surface area contributed by atoms with Crippen molar-refractivity contribution < 1.29 is 13.9 Å². The van der Waals surface area contributed by atoms with E-state index in [9.17, 15) is 0 Å². The van der Waals surface area contributed by atoms with Crippen LogP contribution in [0.5, 0.6) is 5.75 Å². The van der Waals surface area contributed by atoms with Gasteiger partial charge in [0.1, 0.15) is 5.76 Å². The lowest BCUT2D eigenvalue weighted by Crippen LogP contribution is -2.18. The molecule has 1 aromatic heterocycles. The summed E-state index contributed by atoms with van der Waals surface area (Å²) in [5, 5.41) is 4.30. The van der Waals surface area contributed by atoms with E-state index in [0.717, 1.165) is 29.0 Å². The van der Waals surface area contributed by atoms with Gasteiger partial charge in [-0.25, -0.2) is 0 Å². The minimum Gasteiger partial charge on any atom is -0.493 e. The van der Waals surface area contributed by atoms with Gasteiger partial charge in [0.2, 0.25) is 0 Å². The molecule has 0 unspecified atom stereocenters. The first-order chi connectivity index (χ1) is 8.35. The van der Waals surface area contributed by atoms with Crippen LogP contribution < -0.4 is 10.1 Å². The maximum absolute atomic E-state index is 5.74. The van der Waals surface area contributed by atoms with Gasteiger partial charge in [0.15, 0.2) is 11.3 Å². The largest absolute Gasteiger partial charge is 0.493 e. The van der Waals surface area contributed by atoms with Gasteiger partial charge in [-0.3, -0.25) is 0 Å². The molecule has 0 aliphatic heterocycles. The van der Waals surface area contributed by atoms with E-state index >= 15 is 0 Å². The second-order valence-electron chi connectivity index (χ2n) is 3.76. The van der Waals surface area contributed by atoms with E-state index in [2.05, 4.69) is 5.32 Å². The Morgan fingerprint density at radius 2 is 2.18 bits per heavy atom. The summed E-state index contributed by atoms with van der Waals surface area (Å²) in [7, 11) is 3.33. The first-order valence-corrected chi connectivity index (χ1v) is 5.60. The van der Waals surface area contributed by atoms with Gasteiger partial charge in [-0.1, -0.05) is 12.1 Å². The molecule has 4 heteroatoms. The van der Waals surface area contributed by atoms with E-state index < -0.39 is 0 Å². The number of fused-ring (bicyclic) bond motifs is 1. The Morgan fingerprint density at radius 3 is 2.94 bits per heavy atom. The Morgan fingerprint density at radius 1 is 1.29 bits per heavy atom. The number of para-hydroxylation sites is 1. The lowest BCUT2D eigenvalue weighted by atomic mass is 10.2. The number of benzene rings is 1. The molecule has 0 fully saturated rings. The van der Waals surface area contributed by atoms with Crippen molar-refractivity contribution in [2.24, 2.45) is 0 Å². The van der Waals surface area contributed by atoms with Crippen molar-refractivity contribution in [2.75, 3.05) is 27.4 Å². The minimum atomic E-state index is 0.696. The molecule has 2 aromatic rings. The van der Waals surface area contributed by atoms with Crippen LogP contribution in [0.1, 0.15) is 5.76 Å². The molecule has 0 spiro atoms. The van der Waals surface area contributed by atoms with Crippen molar-refractivity contribution in [2.45, 2.75) is 6.54 Å². The van der Waals surface area contributed by atoms with Crippen LogP contribution in [0.15, 0.2) is 28.7 Å². The smallest absolute Gasteiger partial charge is 0.176 e. The summed E-state index contributed by atoms with van der Waals surface area (Å²) in [5.41, 5.74) is 0.804. The number of nitrogens with one attached hydrogen (secondary N) is 1. The van der Waals surface area contributed by atoms with E-state index in [-0.39, 0.29) is 0 Å². The third kappa shape index (κ3) is 2.78. The van der Waals surface area contributed by atoms with Crippen LogP contribution >= 0.6 is 0 Å². The fourth-order valence-electron chi connectivity index (χ4n) is 1.72. The highest BCUT2D eigenvalue weighted by Gasteiger charge is 2.07. The summed E-state index contributed by atoms with van der Waals surface area (Å²) >= 11 is 0. The Kier molecular flexibility index (Phi) is 4.01. The van der Waals surface area contributed by atoms with Gasteiger partial charge < -0.3 is 19.2 Å². The average Bonchev–Trinajstić information content (AvgIpc) is 2.77. The van der Waals surface area contributed by atoms with E-state index in [1.54, 1.807) is 14.2 Å². The summed E-state index contributed by atoms with van der Waals surface area (Å²) in [5.74, 6) is 1.67. The summed E-state index contributed by atoms with van der Waals surface area (Å²) in [4.78, 5) is 0. The SMILES string of the molecule is COCCNCc1cc2cccc(OC)c2o1. The molecule has 0 saturated carbocycles. The molecule has 1 heterocycles. The number of hydrogen-bond donors (Lipinski definition) is 1. The predicted octanol–water partition coefficient (Wildman–Crippen LogP) is 2.18. The van der Waals surface area contributed by atoms with E-state index in [0.29, 0.717) is 13.2 Å². The molecule has 0 amide bonds. The standard InChI is InChI=1S/C13H17NO3/c1-15-7-6-14-9-11-8-10-4-3-5-12(16-2)13(10)17-11/h3-5,8,14H,6-7,9H2,1-2H3. The van der Waals surface area contributed by atoms with Gasteiger partial charge in [-0.2, -0.15) is 0 Å². The first-order valence-electron chi connectivity index (χ1n) is 5.60.